The lowest BCUT2D eigenvalue weighted by molar-refractivity contribution is -0.384. The van der Waals surface area contributed by atoms with E-state index in [0.717, 1.165) is 15.1 Å². The molecule has 5 rings (SSSR count). The van der Waals surface area contributed by atoms with E-state index in [-0.39, 0.29) is 23.3 Å². The van der Waals surface area contributed by atoms with Crippen LogP contribution in [-0.4, -0.2) is 68.9 Å². The van der Waals surface area contributed by atoms with Crippen LogP contribution in [0.1, 0.15) is 11.7 Å². The first kappa shape index (κ1) is 25.1. The van der Waals surface area contributed by atoms with Gasteiger partial charge in [0.2, 0.25) is 11.8 Å². The molecule has 2 fully saturated rings. The minimum absolute atomic E-state index is 0.0401. The van der Waals surface area contributed by atoms with Gasteiger partial charge in [-0.1, -0.05) is 23.5 Å². The highest BCUT2D eigenvalue weighted by Gasteiger charge is 2.51. The summed E-state index contributed by atoms with van der Waals surface area (Å²) in [5.41, 5.74) is 1.45. The van der Waals surface area contributed by atoms with Gasteiger partial charge in [0.15, 0.2) is 5.13 Å². The van der Waals surface area contributed by atoms with Crippen molar-refractivity contribution in [3.63, 3.8) is 0 Å². The number of carbonyl (C=O) groups is 3. The summed E-state index contributed by atoms with van der Waals surface area (Å²) in [7, 11) is 3.04. The number of para-hydroxylation sites is 1. The van der Waals surface area contributed by atoms with E-state index in [1.165, 1.54) is 47.2 Å². The highest BCUT2D eigenvalue weighted by molar-refractivity contribution is 8.00. The van der Waals surface area contributed by atoms with E-state index in [0.29, 0.717) is 10.7 Å². The van der Waals surface area contributed by atoms with Crippen LogP contribution in [0.4, 0.5) is 15.6 Å². The zero-order valence-corrected chi connectivity index (χ0v) is 21.4. The second-order valence-corrected chi connectivity index (χ2v) is 10.8. The van der Waals surface area contributed by atoms with Crippen LogP contribution < -0.4 is 16.0 Å². The lowest BCUT2D eigenvalue weighted by atomic mass is 9.96. The number of hydrogen-bond donors (Lipinski definition) is 3. The molecular weight excluding hydrogens is 518 g/mol. The Balaban J connectivity index is 1.34. The Hall–Kier alpha value is -3.59. The lowest BCUT2D eigenvalue weighted by Gasteiger charge is -2.50. The highest BCUT2D eigenvalue weighted by Crippen LogP contribution is 2.35. The van der Waals surface area contributed by atoms with E-state index < -0.39 is 34.6 Å². The van der Waals surface area contributed by atoms with Gasteiger partial charge in [-0.3, -0.25) is 35.2 Å². The lowest BCUT2D eigenvalue weighted by Crippen LogP contribution is -2.72. The van der Waals surface area contributed by atoms with E-state index >= 15 is 0 Å². The second-order valence-electron chi connectivity index (χ2n) is 8.64. The Morgan fingerprint density at radius 2 is 1.89 bits per heavy atom. The fraction of sp³-hybridized carbons (Fsp3) is 0.304. The van der Waals surface area contributed by atoms with Crippen molar-refractivity contribution in [1.29, 1.82) is 0 Å². The van der Waals surface area contributed by atoms with Crippen molar-refractivity contribution in [3.8, 4) is 0 Å². The molecule has 0 bridgehead atoms. The van der Waals surface area contributed by atoms with Gasteiger partial charge >= 0.3 is 6.03 Å². The number of thioether (sulfide) groups is 1. The topological polar surface area (TPSA) is 150 Å². The summed E-state index contributed by atoms with van der Waals surface area (Å²) in [5, 5.41) is 20.5. The van der Waals surface area contributed by atoms with Gasteiger partial charge in [-0.15, -0.1) is 11.8 Å². The molecule has 2 aliphatic heterocycles. The maximum Gasteiger partial charge on any atom is 0.327 e. The molecule has 3 N–H and O–H groups in total. The van der Waals surface area contributed by atoms with Gasteiger partial charge in [0.25, 0.3) is 5.69 Å². The third kappa shape index (κ3) is 4.87. The van der Waals surface area contributed by atoms with Crippen molar-refractivity contribution in [2.24, 2.45) is 5.92 Å². The molecule has 0 saturated carbocycles. The number of carbonyl (C=O) groups excluding carboxylic acids is 3. The van der Waals surface area contributed by atoms with Crippen molar-refractivity contribution in [2.45, 2.75) is 17.7 Å². The summed E-state index contributed by atoms with van der Waals surface area (Å²) in [6.45, 7) is 0. The molecule has 192 valence electrons. The molecular formula is C23H23N7O5S2. The number of thiazole rings is 1. The average Bonchev–Trinajstić information content (AvgIpc) is 3.31. The summed E-state index contributed by atoms with van der Waals surface area (Å²) in [5.74, 6) is -1.26. The Morgan fingerprint density at radius 1 is 1.16 bits per heavy atom. The summed E-state index contributed by atoms with van der Waals surface area (Å²) < 4.78 is 0.961. The number of nitrogens with one attached hydrogen (secondary N) is 3. The van der Waals surface area contributed by atoms with Gasteiger partial charge in [-0.05, 0) is 29.8 Å². The normalized spacial score (nSPS) is 23.7. The first-order valence-corrected chi connectivity index (χ1v) is 13.2. The van der Waals surface area contributed by atoms with Crippen LogP contribution in [0, 0.1) is 16.0 Å². The van der Waals surface area contributed by atoms with Gasteiger partial charge in [-0.2, -0.15) is 0 Å². The molecule has 3 heterocycles. The third-order valence-electron chi connectivity index (χ3n) is 6.33. The Labute approximate surface area is 219 Å². The molecule has 0 spiro atoms. The minimum atomic E-state index is -0.665. The van der Waals surface area contributed by atoms with Gasteiger partial charge in [0.1, 0.15) is 0 Å². The first-order valence-electron chi connectivity index (χ1n) is 11.3. The molecule has 0 radical (unpaired) electrons. The maximum atomic E-state index is 13.1. The number of anilines is 1. The number of amides is 4. The number of non-ortho nitro benzene ring substituents is 1. The van der Waals surface area contributed by atoms with Crippen LogP contribution in [0.25, 0.3) is 10.2 Å². The number of urea groups is 1. The van der Waals surface area contributed by atoms with Gasteiger partial charge < -0.3 is 10.2 Å². The largest absolute Gasteiger partial charge is 0.327 e. The van der Waals surface area contributed by atoms with Crippen molar-refractivity contribution in [1.82, 2.24) is 25.4 Å². The van der Waals surface area contributed by atoms with Crippen LogP contribution in [0.3, 0.4) is 0 Å². The van der Waals surface area contributed by atoms with E-state index in [1.807, 2.05) is 24.3 Å². The maximum absolute atomic E-state index is 13.1. The highest BCUT2D eigenvalue weighted by atomic mass is 32.2. The number of hydrogen-bond acceptors (Lipinski definition) is 10. The quantitative estimate of drug-likeness (QED) is 0.316. The van der Waals surface area contributed by atoms with Crippen LogP contribution in [0.2, 0.25) is 0 Å². The number of benzene rings is 2. The molecule has 4 unspecified atom stereocenters. The zero-order valence-electron chi connectivity index (χ0n) is 19.8. The first-order chi connectivity index (χ1) is 17.7. The van der Waals surface area contributed by atoms with Crippen LogP contribution in [-0.2, 0) is 9.59 Å². The van der Waals surface area contributed by atoms with Gasteiger partial charge in [0.05, 0.1) is 44.5 Å². The molecule has 14 heteroatoms. The van der Waals surface area contributed by atoms with Crippen LogP contribution in [0.15, 0.2) is 48.5 Å². The molecule has 4 amide bonds. The van der Waals surface area contributed by atoms with Gasteiger partial charge in [-0.25, -0.2) is 9.78 Å². The number of nitrogens with zero attached hydrogens (tertiary/aromatic N) is 4. The van der Waals surface area contributed by atoms with E-state index in [2.05, 4.69) is 20.9 Å². The number of nitro groups is 1. The molecule has 12 nitrogen and oxygen atoms in total. The fourth-order valence-corrected chi connectivity index (χ4v) is 6.42. The number of fused-ring (bicyclic) bond motifs is 2. The Bertz CT molecular complexity index is 1350. The number of imide groups is 1. The SMILES string of the molecule is CN1C(=O)C2C(SCC(=O)Nc3nc4ccccc4s3)NC(c3ccc([N+](=O)[O-])cc3)NC2N(C)C1=O. The minimum Gasteiger partial charge on any atom is -0.311 e. The average molecular weight is 542 g/mol. The fourth-order valence-electron chi connectivity index (χ4n) is 4.43. The van der Waals surface area contributed by atoms with Crippen LogP contribution >= 0.6 is 23.1 Å². The summed E-state index contributed by atoms with van der Waals surface area (Å²) in [6, 6.07) is 13.2. The molecule has 2 aromatic carbocycles. The molecule has 4 atom stereocenters. The van der Waals surface area contributed by atoms with Crippen LogP contribution in [0.5, 0.6) is 0 Å². The molecule has 1 aromatic heterocycles. The predicted molar refractivity (Wildman–Crippen MR) is 140 cm³/mol. The number of rotatable bonds is 6. The number of aromatic nitrogens is 1. The van der Waals surface area contributed by atoms with E-state index in [1.54, 1.807) is 19.2 Å². The van der Waals surface area contributed by atoms with E-state index in [9.17, 15) is 24.5 Å². The molecule has 2 saturated heterocycles. The van der Waals surface area contributed by atoms with Crippen molar-refractivity contribution in [2.75, 3.05) is 25.2 Å². The van der Waals surface area contributed by atoms with Crippen molar-refractivity contribution in [3.05, 3.63) is 64.2 Å². The van der Waals surface area contributed by atoms with E-state index in [4.69, 9.17) is 0 Å². The predicted octanol–water partition coefficient (Wildman–Crippen LogP) is 2.56. The summed E-state index contributed by atoms with van der Waals surface area (Å²) >= 11 is 2.63. The molecule has 3 aromatic rings. The smallest absolute Gasteiger partial charge is 0.311 e. The summed E-state index contributed by atoms with van der Waals surface area (Å²) in [4.78, 5) is 56.0. The molecule has 37 heavy (non-hydrogen) atoms. The molecule has 2 aliphatic rings. The van der Waals surface area contributed by atoms with Gasteiger partial charge in [0, 0.05) is 26.2 Å². The van der Waals surface area contributed by atoms with Crippen molar-refractivity contribution < 1.29 is 19.3 Å². The summed E-state index contributed by atoms with van der Waals surface area (Å²) in [6.07, 6.45) is -1.15. The van der Waals surface area contributed by atoms with Crippen molar-refractivity contribution >= 4 is 62.0 Å². The standard InChI is InChI=1S/C23H23N7O5S2/c1-28-19-17(21(32)29(2)23(28)33)20(27-18(26-19)12-7-9-13(10-8-12)30(34)35)36-11-16(31)25-22-24-14-5-3-4-6-15(14)37-22/h3-10,17-20,26-27H,11H2,1-2H3,(H,24,25,31). The second kappa shape index (κ2) is 10.0. The third-order valence-corrected chi connectivity index (χ3v) is 8.50. The zero-order chi connectivity index (χ0) is 26.3. The monoisotopic (exact) mass is 541 g/mol. The Kier molecular flexibility index (Phi) is 6.81. The Morgan fingerprint density at radius 3 is 2.59 bits per heavy atom. The number of nitro benzene ring substituents is 1. The molecule has 0 aliphatic carbocycles.